The van der Waals surface area contributed by atoms with Crippen LogP contribution in [0.4, 0.5) is 8.78 Å². The molecule has 0 aliphatic carbocycles. The molecular formula is C13H19ClF2N2O2. The van der Waals surface area contributed by atoms with Crippen LogP contribution in [0.15, 0.2) is 12.1 Å². The van der Waals surface area contributed by atoms with E-state index in [1.807, 2.05) is 4.90 Å². The summed E-state index contributed by atoms with van der Waals surface area (Å²) in [4.78, 5) is 1.88. The van der Waals surface area contributed by atoms with E-state index in [1.165, 1.54) is 7.11 Å². The fourth-order valence-corrected chi connectivity index (χ4v) is 2.38. The van der Waals surface area contributed by atoms with Gasteiger partial charge in [-0.15, -0.1) is 12.4 Å². The molecule has 1 saturated heterocycles. The molecule has 0 unspecified atom stereocenters. The lowest BCUT2D eigenvalue weighted by Gasteiger charge is -2.34. The van der Waals surface area contributed by atoms with E-state index >= 15 is 0 Å². The molecule has 1 aliphatic heterocycles. The van der Waals surface area contributed by atoms with Gasteiger partial charge in [-0.25, -0.2) is 8.78 Å². The number of rotatable bonds is 4. The highest BCUT2D eigenvalue weighted by molar-refractivity contribution is 5.85. The van der Waals surface area contributed by atoms with Gasteiger partial charge in [0.25, 0.3) is 0 Å². The molecule has 2 rings (SSSR count). The first-order valence-electron chi connectivity index (χ1n) is 6.26. The SMILES string of the molecule is COc1cc(F)c([C@@H](CO)N2CCNCC2)c(F)c1.Cl. The number of aliphatic hydroxyl groups is 1. The molecule has 0 radical (unpaired) electrons. The van der Waals surface area contributed by atoms with Crippen molar-refractivity contribution in [1.82, 2.24) is 10.2 Å². The Balaban J connectivity index is 0.00000200. The molecule has 1 atom stereocenters. The second-order valence-corrected chi connectivity index (χ2v) is 4.49. The summed E-state index contributed by atoms with van der Waals surface area (Å²) in [6.07, 6.45) is 0. The van der Waals surface area contributed by atoms with Gasteiger partial charge in [-0.2, -0.15) is 0 Å². The van der Waals surface area contributed by atoms with E-state index in [9.17, 15) is 13.9 Å². The molecule has 0 aromatic heterocycles. The summed E-state index contributed by atoms with van der Waals surface area (Å²) in [5.41, 5.74) is -0.0924. The second kappa shape index (κ2) is 7.73. The van der Waals surface area contributed by atoms with Crippen molar-refractivity contribution in [3.63, 3.8) is 0 Å². The zero-order valence-electron chi connectivity index (χ0n) is 11.2. The van der Waals surface area contributed by atoms with Crippen molar-refractivity contribution in [2.75, 3.05) is 39.9 Å². The van der Waals surface area contributed by atoms with E-state index in [1.54, 1.807) is 0 Å². The molecule has 1 fully saturated rings. The van der Waals surface area contributed by atoms with Gasteiger partial charge < -0.3 is 15.2 Å². The summed E-state index contributed by atoms with van der Waals surface area (Å²) >= 11 is 0. The maximum Gasteiger partial charge on any atom is 0.134 e. The minimum Gasteiger partial charge on any atom is -0.497 e. The standard InChI is InChI=1S/C13H18F2N2O2.ClH/c1-19-9-6-10(14)13(11(15)7-9)12(8-18)17-4-2-16-3-5-17;/h6-7,12,16,18H,2-5,8H2,1H3;1H/t12-;/m1./s1. The molecule has 0 spiro atoms. The molecule has 20 heavy (non-hydrogen) atoms. The number of piperazine rings is 1. The van der Waals surface area contributed by atoms with Crippen molar-refractivity contribution in [1.29, 1.82) is 0 Å². The van der Waals surface area contributed by atoms with Crippen LogP contribution >= 0.6 is 12.4 Å². The van der Waals surface area contributed by atoms with Gasteiger partial charge >= 0.3 is 0 Å². The first-order chi connectivity index (χ1) is 9.17. The van der Waals surface area contributed by atoms with E-state index in [4.69, 9.17) is 4.74 Å². The average Bonchev–Trinajstić information content (AvgIpc) is 2.43. The van der Waals surface area contributed by atoms with E-state index < -0.39 is 17.7 Å². The summed E-state index contributed by atoms with van der Waals surface area (Å²) in [5, 5.41) is 12.6. The average molecular weight is 309 g/mol. The zero-order valence-corrected chi connectivity index (χ0v) is 12.1. The number of hydrogen-bond acceptors (Lipinski definition) is 4. The highest BCUT2D eigenvalue weighted by Crippen LogP contribution is 2.29. The van der Waals surface area contributed by atoms with Gasteiger partial charge in [-0.05, 0) is 0 Å². The van der Waals surface area contributed by atoms with Gasteiger partial charge in [0.2, 0.25) is 0 Å². The van der Waals surface area contributed by atoms with Crippen molar-refractivity contribution in [2.45, 2.75) is 6.04 Å². The normalized spacial score (nSPS) is 17.4. The smallest absolute Gasteiger partial charge is 0.134 e. The van der Waals surface area contributed by atoms with Gasteiger partial charge in [0.15, 0.2) is 0 Å². The number of halogens is 3. The first kappa shape index (κ1) is 17.1. The third-order valence-electron chi connectivity index (χ3n) is 3.39. The highest BCUT2D eigenvalue weighted by Gasteiger charge is 2.27. The number of methoxy groups -OCH3 is 1. The molecule has 1 heterocycles. The van der Waals surface area contributed by atoms with Gasteiger partial charge in [0.05, 0.1) is 19.8 Å². The molecule has 1 aromatic carbocycles. The topological polar surface area (TPSA) is 44.7 Å². The lowest BCUT2D eigenvalue weighted by molar-refractivity contribution is 0.105. The van der Waals surface area contributed by atoms with E-state index in [2.05, 4.69) is 5.32 Å². The summed E-state index contributed by atoms with van der Waals surface area (Å²) in [6, 6.07) is 1.63. The fraction of sp³-hybridized carbons (Fsp3) is 0.538. The maximum atomic E-state index is 14.0. The lowest BCUT2D eigenvalue weighted by Crippen LogP contribution is -2.46. The Hall–Kier alpha value is -0.950. The van der Waals surface area contributed by atoms with Crippen LogP contribution in [0.2, 0.25) is 0 Å². The van der Waals surface area contributed by atoms with Gasteiger partial charge in [-0.1, -0.05) is 0 Å². The van der Waals surface area contributed by atoms with Crippen LogP contribution in [0.25, 0.3) is 0 Å². The molecular weight excluding hydrogens is 290 g/mol. The number of benzene rings is 1. The molecule has 4 nitrogen and oxygen atoms in total. The zero-order chi connectivity index (χ0) is 13.8. The number of ether oxygens (including phenoxy) is 1. The number of aliphatic hydroxyl groups excluding tert-OH is 1. The van der Waals surface area contributed by atoms with Crippen molar-refractivity contribution >= 4 is 12.4 Å². The van der Waals surface area contributed by atoms with Crippen LogP contribution in [0.3, 0.4) is 0 Å². The second-order valence-electron chi connectivity index (χ2n) is 4.49. The van der Waals surface area contributed by atoms with E-state index in [0.717, 1.165) is 25.2 Å². The Morgan fingerprint density at radius 1 is 1.30 bits per heavy atom. The van der Waals surface area contributed by atoms with Crippen LogP contribution in [0.1, 0.15) is 11.6 Å². The summed E-state index contributed by atoms with van der Waals surface area (Å²) in [5.74, 6) is -1.24. The minimum absolute atomic E-state index is 0. The van der Waals surface area contributed by atoms with E-state index in [-0.39, 0.29) is 30.3 Å². The lowest BCUT2D eigenvalue weighted by atomic mass is 10.0. The minimum atomic E-state index is -0.686. The Labute approximate surface area is 123 Å². The molecule has 114 valence electrons. The molecule has 1 aliphatic rings. The van der Waals surface area contributed by atoms with Gasteiger partial charge in [0, 0.05) is 43.9 Å². The van der Waals surface area contributed by atoms with Crippen LogP contribution < -0.4 is 10.1 Å². The Morgan fingerprint density at radius 2 is 1.85 bits per heavy atom. The molecule has 7 heteroatoms. The van der Waals surface area contributed by atoms with Crippen molar-refractivity contribution in [3.05, 3.63) is 29.3 Å². The third-order valence-corrected chi connectivity index (χ3v) is 3.39. The monoisotopic (exact) mass is 308 g/mol. The molecule has 0 amide bonds. The van der Waals surface area contributed by atoms with Crippen molar-refractivity contribution in [3.8, 4) is 5.75 Å². The largest absolute Gasteiger partial charge is 0.497 e. The predicted octanol–water partition coefficient (Wildman–Crippen LogP) is 1.33. The van der Waals surface area contributed by atoms with Crippen LogP contribution in [-0.4, -0.2) is 49.9 Å². The maximum absolute atomic E-state index is 14.0. The van der Waals surface area contributed by atoms with E-state index in [0.29, 0.717) is 13.1 Å². The summed E-state index contributed by atoms with van der Waals surface area (Å²) < 4.78 is 32.9. The number of nitrogens with zero attached hydrogens (tertiary/aromatic N) is 1. The number of hydrogen-bond donors (Lipinski definition) is 2. The summed E-state index contributed by atoms with van der Waals surface area (Å²) in [7, 11) is 1.35. The van der Waals surface area contributed by atoms with Crippen LogP contribution in [0.5, 0.6) is 5.75 Å². The molecule has 0 saturated carbocycles. The third kappa shape index (κ3) is 3.58. The summed E-state index contributed by atoms with van der Waals surface area (Å²) in [6.45, 7) is 2.47. The molecule has 0 bridgehead atoms. The van der Waals surface area contributed by atoms with Gasteiger partial charge in [-0.3, -0.25) is 4.90 Å². The Morgan fingerprint density at radius 3 is 2.30 bits per heavy atom. The Kier molecular flexibility index (Phi) is 6.61. The van der Waals surface area contributed by atoms with Crippen LogP contribution in [-0.2, 0) is 0 Å². The first-order valence-corrected chi connectivity index (χ1v) is 6.26. The highest BCUT2D eigenvalue weighted by atomic mass is 35.5. The number of nitrogens with one attached hydrogen (secondary N) is 1. The van der Waals surface area contributed by atoms with Gasteiger partial charge in [0.1, 0.15) is 17.4 Å². The molecule has 2 N–H and O–H groups in total. The van der Waals surface area contributed by atoms with Crippen molar-refractivity contribution < 1.29 is 18.6 Å². The van der Waals surface area contributed by atoms with Crippen LogP contribution in [0, 0.1) is 11.6 Å². The Bertz CT molecular complexity index is 419. The quantitative estimate of drug-likeness (QED) is 0.881. The predicted molar refractivity (Wildman–Crippen MR) is 74.4 cm³/mol. The van der Waals surface area contributed by atoms with Crippen molar-refractivity contribution in [2.24, 2.45) is 0 Å². The molecule has 1 aromatic rings. The fourth-order valence-electron chi connectivity index (χ4n) is 2.38.